The monoisotopic (exact) mass is 280 g/mol. The molecule has 4 atom stereocenters. The molecule has 0 spiro atoms. The highest BCUT2D eigenvalue weighted by atomic mass is 15.1. The van der Waals surface area contributed by atoms with Crippen LogP contribution in [0.1, 0.15) is 71.6 Å². The zero-order valence-corrected chi connectivity index (χ0v) is 14.0. The van der Waals surface area contributed by atoms with Crippen LogP contribution in [0, 0.1) is 11.8 Å². The molecule has 4 unspecified atom stereocenters. The van der Waals surface area contributed by atoms with E-state index in [0.29, 0.717) is 0 Å². The molecule has 1 N–H and O–H groups in total. The molecule has 0 bridgehead atoms. The maximum Gasteiger partial charge on any atom is 0.0118 e. The lowest BCUT2D eigenvalue weighted by atomic mass is 9.81. The topological polar surface area (TPSA) is 15.3 Å². The Hall–Kier alpha value is -0.0800. The van der Waals surface area contributed by atoms with Gasteiger partial charge in [-0.2, -0.15) is 0 Å². The van der Waals surface area contributed by atoms with Gasteiger partial charge in [0.05, 0.1) is 0 Å². The molecule has 2 fully saturated rings. The highest BCUT2D eigenvalue weighted by Crippen LogP contribution is 2.30. The first-order valence-electron chi connectivity index (χ1n) is 9.16. The van der Waals surface area contributed by atoms with Crippen molar-refractivity contribution in [2.75, 3.05) is 20.1 Å². The van der Waals surface area contributed by atoms with E-state index >= 15 is 0 Å². The first-order valence-corrected chi connectivity index (χ1v) is 9.16. The van der Waals surface area contributed by atoms with Crippen LogP contribution in [0.15, 0.2) is 0 Å². The summed E-state index contributed by atoms with van der Waals surface area (Å²) in [5.74, 6) is 1.79. The van der Waals surface area contributed by atoms with Crippen LogP contribution in [-0.4, -0.2) is 37.1 Å². The van der Waals surface area contributed by atoms with Gasteiger partial charge in [0.15, 0.2) is 0 Å². The van der Waals surface area contributed by atoms with Crippen molar-refractivity contribution in [3.8, 4) is 0 Å². The van der Waals surface area contributed by atoms with Crippen molar-refractivity contribution >= 4 is 0 Å². The molecule has 0 heterocycles. The zero-order valence-electron chi connectivity index (χ0n) is 14.0. The molecule has 0 radical (unpaired) electrons. The summed E-state index contributed by atoms with van der Waals surface area (Å²) in [6.07, 6.45) is 12.8. The number of nitrogens with zero attached hydrogens (tertiary/aromatic N) is 1. The van der Waals surface area contributed by atoms with Gasteiger partial charge in [0.2, 0.25) is 0 Å². The number of hydrogen-bond acceptors (Lipinski definition) is 2. The van der Waals surface area contributed by atoms with Crippen LogP contribution in [0.5, 0.6) is 0 Å². The molecule has 20 heavy (non-hydrogen) atoms. The molecule has 0 aromatic rings. The Morgan fingerprint density at radius 1 is 1.00 bits per heavy atom. The fourth-order valence-electron chi connectivity index (χ4n) is 4.48. The van der Waals surface area contributed by atoms with E-state index < -0.39 is 0 Å². The van der Waals surface area contributed by atoms with Crippen molar-refractivity contribution in [1.82, 2.24) is 10.2 Å². The molecule has 2 nitrogen and oxygen atoms in total. The zero-order chi connectivity index (χ0) is 14.4. The summed E-state index contributed by atoms with van der Waals surface area (Å²) in [6.45, 7) is 7.26. The molecular formula is C18H36N2. The van der Waals surface area contributed by atoms with Crippen LogP contribution < -0.4 is 5.32 Å². The third-order valence-corrected chi connectivity index (χ3v) is 5.72. The summed E-state index contributed by atoms with van der Waals surface area (Å²) in [6, 6.07) is 1.63. The van der Waals surface area contributed by atoms with E-state index in [1.165, 1.54) is 70.9 Å². The quantitative estimate of drug-likeness (QED) is 0.789. The van der Waals surface area contributed by atoms with Crippen molar-refractivity contribution in [1.29, 1.82) is 0 Å². The lowest BCUT2D eigenvalue weighted by Gasteiger charge is -2.41. The highest BCUT2D eigenvalue weighted by molar-refractivity contribution is 4.86. The Labute approximate surface area is 126 Å². The van der Waals surface area contributed by atoms with Crippen molar-refractivity contribution in [3.05, 3.63) is 0 Å². The first kappa shape index (κ1) is 16.3. The molecule has 2 rings (SSSR count). The summed E-state index contributed by atoms with van der Waals surface area (Å²) in [5.41, 5.74) is 0. The number of rotatable bonds is 6. The fourth-order valence-corrected chi connectivity index (χ4v) is 4.48. The molecule has 0 saturated heterocycles. The fraction of sp³-hybridized carbons (Fsp3) is 1.00. The third kappa shape index (κ3) is 4.46. The Morgan fingerprint density at radius 3 is 2.45 bits per heavy atom. The van der Waals surface area contributed by atoms with Crippen LogP contribution >= 0.6 is 0 Å². The summed E-state index contributed by atoms with van der Waals surface area (Å²) in [4.78, 5) is 2.71. The predicted molar refractivity (Wildman–Crippen MR) is 88.1 cm³/mol. The summed E-state index contributed by atoms with van der Waals surface area (Å²) in [7, 11) is 2.39. The third-order valence-electron chi connectivity index (χ3n) is 5.72. The van der Waals surface area contributed by atoms with Crippen molar-refractivity contribution in [2.45, 2.75) is 83.7 Å². The second-order valence-corrected chi connectivity index (χ2v) is 7.37. The lowest BCUT2D eigenvalue weighted by molar-refractivity contribution is 0.0999. The molecule has 0 amide bonds. The minimum atomic E-state index is 0.782. The van der Waals surface area contributed by atoms with Crippen LogP contribution in [0.25, 0.3) is 0 Å². The van der Waals surface area contributed by atoms with Crippen LogP contribution in [0.4, 0.5) is 0 Å². The number of nitrogens with one attached hydrogen (secondary N) is 1. The van der Waals surface area contributed by atoms with Crippen molar-refractivity contribution in [2.24, 2.45) is 11.8 Å². The average Bonchev–Trinajstić information content (AvgIpc) is 2.46. The summed E-state index contributed by atoms with van der Waals surface area (Å²) >= 11 is 0. The van der Waals surface area contributed by atoms with Crippen LogP contribution in [0.2, 0.25) is 0 Å². The number of hydrogen-bond donors (Lipinski definition) is 1. The van der Waals surface area contributed by atoms with Crippen LogP contribution in [-0.2, 0) is 0 Å². The minimum Gasteiger partial charge on any atom is -0.314 e. The van der Waals surface area contributed by atoms with Gasteiger partial charge < -0.3 is 10.2 Å². The van der Waals surface area contributed by atoms with E-state index in [0.717, 1.165) is 23.9 Å². The van der Waals surface area contributed by atoms with Crippen molar-refractivity contribution < 1.29 is 0 Å². The summed E-state index contributed by atoms with van der Waals surface area (Å²) in [5, 5.41) is 3.81. The lowest BCUT2D eigenvalue weighted by Crippen LogP contribution is -2.47. The Bertz CT molecular complexity index is 266. The standard InChI is InChI=1S/C18H36N2/c1-4-13-19-17-11-7-6-10-16(17)14-20(3)18-12-8-5-9-15(18)2/h15-19H,4-14H2,1-3H3. The highest BCUT2D eigenvalue weighted by Gasteiger charge is 2.30. The predicted octanol–water partition coefficient (Wildman–Crippen LogP) is 4.06. The molecule has 0 aromatic carbocycles. The summed E-state index contributed by atoms with van der Waals surface area (Å²) < 4.78 is 0. The Balaban J connectivity index is 1.85. The molecule has 0 aliphatic heterocycles. The van der Waals surface area contributed by atoms with E-state index in [-0.39, 0.29) is 0 Å². The molecule has 0 aromatic heterocycles. The van der Waals surface area contributed by atoms with Gasteiger partial charge in [0.25, 0.3) is 0 Å². The van der Waals surface area contributed by atoms with E-state index in [1.54, 1.807) is 0 Å². The van der Waals surface area contributed by atoms with Gasteiger partial charge in [-0.1, -0.05) is 39.5 Å². The molecule has 2 aliphatic rings. The molecule has 2 aliphatic carbocycles. The Morgan fingerprint density at radius 2 is 1.70 bits per heavy atom. The second kappa shape index (κ2) is 8.38. The second-order valence-electron chi connectivity index (χ2n) is 7.37. The largest absolute Gasteiger partial charge is 0.314 e. The first-order chi connectivity index (χ1) is 9.72. The molecule has 118 valence electrons. The van der Waals surface area contributed by atoms with E-state index in [2.05, 4.69) is 31.1 Å². The maximum atomic E-state index is 3.81. The average molecular weight is 280 g/mol. The van der Waals surface area contributed by atoms with Gasteiger partial charge in [-0.3, -0.25) is 0 Å². The van der Waals surface area contributed by atoms with E-state index in [4.69, 9.17) is 0 Å². The van der Waals surface area contributed by atoms with Gasteiger partial charge >= 0.3 is 0 Å². The maximum absolute atomic E-state index is 3.81. The van der Waals surface area contributed by atoms with Gasteiger partial charge in [-0.05, 0) is 57.5 Å². The SMILES string of the molecule is CCCNC1CCCCC1CN(C)C1CCCCC1C. The molecule has 2 saturated carbocycles. The van der Waals surface area contributed by atoms with Gasteiger partial charge in [0.1, 0.15) is 0 Å². The normalized spacial score (nSPS) is 35.4. The van der Waals surface area contributed by atoms with Crippen LogP contribution in [0.3, 0.4) is 0 Å². The van der Waals surface area contributed by atoms with E-state index in [1.807, 2.05) is 0 Å². The van der Waals surface area contributed by atoms with Crippen molar-refractivity contribution in [3.63, 3.8) is 0 Å². The minimum absolute atomic E-state index is 0.782. The smallest absolute Gasteiger partial charge is 0.0118 e. The van der Waals surface area contributed by atoms with Gasteiger partial charge in [0, 0.05) is 18.6 Å². The van der Waals surface area contributed by atoms with E-state index in [9.17, 15) is 0 Å². The Kier molecular flexibility index (Phi) is 6.83. The molecule has 2 heteroatoms. The van der Waals surface area contributed by atoms with Gasteiger partial charge in [-0.15, -0.1) is 0 Å². The van der Waals surface area contributed by atoms with Gasteiger partial charge in [-0.25, -0.2) is 0 Å². The molecular weight excluding hydrogens is 244 g/mol.